The number of anilines is 1. The molecule has 1 aliphatic carbocycles. The van der Waals surface area contributed by atoms with E-state index in [1.165, 1.54) is 5.56 Å². The van der Waals surface area contributed by atoms with Crippen molar-refractivity contribution in [2.75, 3.05) is 5.32 Å². The molecule has 0 saturated heterocycles. The average Bonchev–Trinajstić information content (AvgIpc) is 3.20. The summed E-state index contributed by atoms with van der Waals surface area (Å²) in [6, 6.07) is 19.0. The zero-order valence-corrected chi connectivity index (χ0v) is 18.4. The van der Waals surface area contributed by atoms with Crippen molar-refractivity contribution >= 4 is 23.1 Å². The highest BCUT2D eigenvalue weighted by atomic mass is 16.2. The predicted octanol–water partition coefficient (Wildman–Crippen LogP) is 4.37. The average molecular weight is 440 g/mol. The molecule has 1 fully saturated rings. The third-order valence-corrected chi connectivity index (χ3v) is 6.12. The van der Waals surface area contributed by atoms with E-state index in [-0.39, 0.29) is 17.7 Å². The van der Waals surface area contributed by atoms with Crippen LogP contribution in [0.5, 0.6) is 0 Å². The second-order valence-corrected chi connectivity index (χ2v) is 8.53. The number of nitrogens with one attached hydrogen (secondary N) is 2. The fourth-order valence-electron chi connectivity index (χ4n) is 3.84. The smallest absolute Gasteiger partial charge is 0.251 e. The normalized spacial score (nSPS) is 13.5. The molecule has 0 unspecified atom stereocenters. The number of hydrogen-bond acceptors (Lipinski definition) is 4. The minimum Gasteiger partial charge on any atom is -0.348 e. The Morgan fingerprint density at radius 2 is 1.73 bits per heavy atom. The third-order valence-electron chi connectivity index (χ3n) is 6.12. The van der Waals surface area contributed by atoms with Gasteiger partial charge in [0.15, 0.2) is 11.5 Å². The predicted molar refractivity (Wildman–Crippen MR) is 127 cm³/mol. The highest BCUT2D eigenvalue weighted by Gasteiger charge is 2.25. The number of pyridine rings is 1. The molecule has 1 aliphatic rings. The van der Waals surface area contributed by atoms with Crippen molar-refractivity contribution in [1.82, 2.24) is 19.9 Å². The van der Waals surface area contributed by atoms with Crippen molar-refractivity contribution in [3.63, 3.8) is 0 Å². The van der Waals surface area contributed by atoms with Gasteiger partial charge in [-0.3, -0.25) is 14.0 Å². The van der Waals surface area contributed by atoms with Crippen molar-refractivity contribution in [1.29, 1.82) is 0 Å². The highest BCUT2D eigenvalue weighted by molar-refractivity contribution is 5.94. The maximum atomic E-state index is 12.5. The van der Waals surface area contributed by atoms with Crippen LogP contribution in [0.25, 0.3) is 17.0 Å². The summed E-state index contributed by atoms with van der Waals surface area (Å²) >= 11 is 0. The Balaban J connectivity index is 1.30. The maximum absolute atomic E-state index is 12.5. The molecule has 166 valence electrons. The van der Waals surface area contributed by atoms with Crippen LogP contribution in [0, 0.1) is 12.8 Å². The van der Waals surface area contributed by atoms with Crippen LogP contribution in [0.1, 0.15) is 40.7 Å². The molecule has 2 aromatic carbocycles. The van der Waals surface area contributed by atoms with Gasteiger partial charge in [-0.05, 0) is 49.6 Å². The highest BCUT2D eigenvalue weighted by Crippen LogP contribution is 2.28. The summed E-state index contributed by atoms with van der Waals surface area (Å²) in [5.74, 6) is 0.701. The zero-order valence-electron chi connectivity index (χ0n) is 18.4. The first-order valence-electron chi connectivity index (χ1n) is 11.2. The summed E-state index contributed by atoms with van der Waals surface area (Å²) in [5.41, 5.74) is 5.06. The van der Waals surface area contributed by atoms with Gasteiger partial charge in [-0.25, -0.2) is 0 Å². The summed E-state index contributed by atoms with van der Waals surface area (Å²) in [5, 5.41) is 14.5. The molecule has 7 nitrogen and oxygen atoms in total. The van der Waals surface area contributed by atoms with E-state index < -0.39 is 0 Å². The van der Waals surface area contributed by atoms with E-state index in [1.807, 2.05) is 66.1 Å². The van der Waals surface area contributed by atoms with Gasteiger partial charge in [0.05, 0.1) is 5.69 Å². The molecule has 1 saturated carbocycles. The second-order valence-electron chi connectivity index (χ2n) is 8.53. The van der Waals surface area contributed by atoms with Gasteiger partial charge in [-0.15, -0.1) is 10.2 Å². The SMILES string of the molecule is Cc1ccc(CNC(=O)c2ccc(-c3nnc4ccc(NC(=O)C5CCC5)cn34)cc2)cc1. The Morgan fingerprint density at radius 1 is 0.970 bits per heavy atom. The van der Waals surface area contributed by atoms with Crippen molar-refractivity contribution in [3.05, 3.63) is 83.6 Å². The van der Waals surface area contributed by atoms with E-state index in [0.717, 1.165) is 30.4 Å². The molecule has 0 radical (unpaired) electrons. The van der Waals surface area contributed by atoms with Crippen molar-refractivity contribution in [2.24, 2.45) is 5.92 Å². The van der Waals surface area contributed by atoms with E-state index >= 15 is 0 Å². The largest absolute Gasteiger partial charge is 0.348 e. The van der Waals surface area contributed by atoms with Crippen LogP contribution in [-0.2, 0) is 11.3 Å². The minimum atomic E-state index is -0.130. The van der Waals surface area contributed by atoms with E-state index in [4.69, 9.17) is 0 Å². The topological polar surface area (TPSA) is 88.4 Å². The molecule has 0 aliphatic heterocycles. The molecule has 5 rings (SSSR count). The summed E-state index contributed by atoms with van der Waals surface area (Å²) in [4.78, 5) is 24.8. The van der Waals surface area contributed by atoms with E-state index in [9.17, 15) is 9.59 Å². The van der Waals surface area contributed by atoms with Gasteiger partial charge in [0.25, 0.3) is 5.91 Å². The fourth-order valence-corrected chi connectivity index (χ4v) is 3.84. The molecule has 2 heterocycles. The van der Waals surface area contributed by atoms with Crippen LogP contribution in [0.4, 0.5) is 5.69 Å². The molecule has 0 bridgehead atoms. The summed E-state index contributed by atoms with van der Waals surface area (Å²) in [6.45, 7) is 2.51. The molecular formula is C26H25N5O2. The molecule has 2 aromatic heterocycles. The number of aromatic nitrogens is 3. The van der Waals surface area contributed by atoms with Crippen LogP contribution in [-0.4, -0.2) is 26.4 Å². The van der Waals surface area contributed by atoms with Crippen molar-refractivity contribution < 1.29 is 9.59 Å². The fraction of sp³-hybridized carbons (Fsp3) is 0.231. The van der Waals surface area contributed by atoms with Gasteiger partial charge in [0.1, 0.15) is 0 Å². The zero-order chi connectivity index (χ0) is 22.8. The summed E-state index contributed by atoms with van der Waals surface area (Å²) < 4.78 is 1.85. The Hall–Kier alpha value is -4.00. The Labute approximate surface area is 191 Å². The lowest BCUT2D eigenvalue weighted by atomic mass is 9.85. The van der Waals surface area contributed by atoms with Gasteiger partial charge >= 0.3 is 0 Å². The van der Waals surface area contributed by atoms with Crippen LogP contribution in [0.2, 0.25) is 0 Å². The number of amides is 2. The lowest BCUT2D eigenvalue weighted by Crippen LogP contribution is -2.28. The number of hydrogen-bond donors (Lipinski definition) is 2. The Bertz CT molecular complexity index is 1310. The molecule has 4 aromatic rings. The first kappa shape index (κ1) is 20.9. The minimum absolute atomic E-state index is 0.0660. The lowest BCUT2D eigenvalue weighted by Gasteiger charge is -2.24. The van der Waals surface area contributed by atoms with Crippen LogP contribution >= 0.6 is 0 Å². The second kappa shape index (κ2) is 8.86. The van der Waals surface area contributed by atoms with Crippen LogP contribution in [0.15, 0.2) is 66.9 Å². The van der Waals surface area contributed by atoms with Gasteiger partial charge in [-0.2, -0.15) is 0 Å². The lowest BCUT2D eigenvalue weighted by molar-refractivity contribution is -0.122. The number of fused-ring (bicyclic) bond motifs is 1. The number of carbonyl (C=O) groups is 2. The number of nitrogens with zero attached hydrogens (tertiary/aromatic N) is 3. The first-order chi connectivity index (χ1) is 16.1. The van der Waals surface area contributed by atoms with Gasteiger partial charge in [0.2, 0.25) is 5.91 Å². The van der Waals surface area contributed by atoms with E-state index in [0.29, 0.717) is 29.3 Å². The number of aryl methyl sites for hydroxylation is 1. The Kier molecular flexibility index (Phi) is 5.60. The molecular weight excluding hydrogens is 414 g/mol. The molecule has 7 heteroatoms. The van der Waals surface area contributed by atoms with Gasteiger partial charge in [-0.1, -0.05) is 48.4 Å². The number of rotatable bonds is 6. The monoisotopic (exact) mass is 439 g/mol. The molecule has 2 N–H and O–H groups in total. The molecule has 0 spiro atoms. The van der Waals surface area contributed by atoms with Gasteiger partial charge < -0.3 is 10.6 Å². The molecule has 0 atom stereocenters. The summed E-state index contributed by atoms with van der Waals surface area (Å²) in [7, 11) is 0. The molecule has 33 heavy (non-hydrogen) atoms. The van der Waals surface area contributed by atoms with E-state index in [2.05, 4.69) is 20.8 Å². The third kappa shape index (κ3) is 4.48. The van der Waals surface area contributed by atoms with Crippen molar-refractivity contribution in [2.45, 2.75) is 32.7 Å². The van der Waals surface area contributed by atoms with Crippen LogP contribution < -0.4 is 10.6 Å². The maximum Gasteiger partial charge on any atom is 0.251 e. The first-order valence-corrected chi connectivity index (χ1v) is 11.2. The van der Waals surface area contributed by atoms with E-state index in [1.54, 1.807) is 12.1 Å². The number of benzene rings is 2. The quantitative estimate of drug-likeness (QED) is 0.467. The summed E-state index contributed by atoms with van der Waals surface area (Å²) in [6.07, 6.45) is 4.86. The van der Waals surface area contributed by atoms with Crippen molar-refractivity contribution in [3.8, 4) is 11.4 Å². The molecule has 2 amide bonds. The number of carbonyl (C=O) groups excluding carboxylic acids is 2. The van der Waals surface area contributed by atoms with Crippen LogP contribution in [0.3, 0.4) is 0 Å². The Morgan fingerprint density at radius 3 is 2.42 bits per heavy atom. The van der Waals surface area contributed by atoms with Gasteiger partial charge in [0, 0.05) is 29.8 Å². The standard InChI is InChI=1S/C26H25N5O2/c1-17-5-7-18(8-6-17)15-27-25(32)21-11-9-19(10-12-21)24-30-29-23-14-13-22(16-31(23)24)28-26(33)20-3-2-4-20/h5-14,16,20H,2-4,15H2,1H3,(H,27,32)(H,28,33).